The highest BCUT2D eigenvalue weighted by atomic mass is 19.1. The van der Waals surface area contributed by atoms with E-state index in [1.807, 2.05) is 6.20 Å². The predicted octanol–water partition coefficient (Wildman–Crippen LogP) is 2.38. The SMILES string of the molecule is CC#Cc1cnn(-c2ccc(F)cc2)c1. The standard InChI is InChI=1S/C12H9FN2/c1-2-3-10-8-14-15(9-10)12-6-4-11(13)5-7-12/h4-9H,1H3. The number of benzene rings is 1. The highest BCUT2D eigenvalue weighted by molar-refractivity contribution is 5.35. The molecule has 1 aromatic heterocycles. The van der Waals surface area contributed by atoms with Gasteiger partial charge in [0.1, 0.15) is 5.82 Å². The van der Waals surface area contributed by atoms with Crippen LogP contribution in [0.2, 0.25) is 0 Å². The Morgan fingerprint density at radius 3 is 2.67 bits per heavy atom. The third kappa shape index (κ3) is 2.05. The molecular formula is C12H9FN2. The van der Waals surface area contributed by atoms with E-state index in [1.165, 1.54) is 12.1 Å². The van der Waals surface area contributed by atoms with Crippen molar-refractivity contribution in [2.24, 2.45) is 0 Å². The summed E-state index contributed by atoms with van der Waals surface area (Å²) >= 11 is 0. The number of rotatable bonds is 1. The summed E-state index contributed by atoms with van der Waals surface area (Å²) in [6.07, 6.45) is 3.49. The minimum absolute atomic E-state index is 0.250. The van der Waals surface area contributed by atoms with Gasteiger partial charge in [0.2, 0.25) is 0 Å². The fraction of sp³-hybridized carbons (Fsp3) is 0.0833. The zero-order chi connectivity index (χ0) is 10.7. The third-order valence-electron chi connectivity index (χ3n) is 1.94. The molecule has 0 bridgehead atoms. The topological polar surface area (TPSA) is 17.8 Å². The van der Waals surface area contributed by atoms with Crippen LogP contribution in [0.15, 0.2) is 36.7 Å². The van der Waals surface area contributed by atoms with Gasteiger partial charge in [0, 0.05) is 6.20 Å². The van der Waals surface area contributed by atoms with E-state index in [2.05, 4.69) is 16.9 Å². The van der Waals surface area contributed by atoms with E-state index in [1.54, 1.807) is 29.9 Å². The van der Waals surface area contributed by atoms with Crippen molar-refractivity contribution in [3.63, 3.8) is 0 Å². The average Bonchev–Trinajstić information content (AvgIpc) is 2.68. The molecule has 0 N–H and O–H groups in total. The van der Waals surface area contributed by atoms with Gasteiger partial charge in [-0.2, -0.15) is 5.10 Å². The monoisotopic (exact) mass is 200 g/mol. The summed E-state index contributed by atoms with van der Waals surface area (Å²) in [4.78, 5) is 0. The Morgan fingerprint density at radius 1 is 1.27 bits per heavy atom. The van der Waals surface area contributed by atoms with Crippen LogP contribution in [-0.4, -0.2) is 9.78 Å². The van der Waals surface area contributed by atoms with Gasteiger partial charge in [-0.1, -0.05) is 5.92 Å². The number of aromatic nitrogens is 2. The minimum atomic E-state index is -0.250. The molecule has 0 saturated carbocycles. The van der Waals surface area contributed by atoms with E-state index in [4.69, 9.17) is 0 Å². The lowest BCUT2D eigenvalue weighted by molar-refractivity contribution is 0.627. The molecule has 2 nitrogen and oxygen atoms in total. The van der Waals surface area contributed by atoms with E-state index in [0.29, 0.717) is 0 Å². The minimum Gasteiger partial charge on any atom is -0.240 e. The summed E-state index contributed by atoms with van der Waals surface area (Å²) < 4.78 is 14.3. The first-order chi connectivity index (χ1) is 7.29. The quantitative estimate of drug-likeness (QED) is 0.646. The van der Waals surface area contributed by atoms with E-state index >= 15 is 0 Å². The van der Waals surface area contributed by atoms with Gasteiger partial charge in [0.05, 0.1) is 17.4 Å². The molecule has 3 heteroatoms. The highest BCUT2D eigenvalue weighted by Crippen LogP contribution is 2.08. The van der Waals surface area contributed by atoms with Crippen LogP contribution in [0.4, 0.5) is 4.39 Å². The Hall–Kier alpha value is -2.08. The molecule has 2 rings (SSSR count). The summed E-state index contributed by atoms with van der Waals surface area (Å²) in [6.45, 7) is 1.77. The second kappa shape index (κ2) is 3.97. The van der Waals surface area contributed by atoms with Crippen molar-refractivity contribution < 1.29 is 4.39 Å². The molecule has 0 aliphatic rings. The van der Waals surface area contributed by atoms with Crippen molar-refractivity contribution >= 4 is 0 Å². The van der Waals surface area contributed by atoms with Crippen LogP contribution in [0, 0.1) is 17.7 Å². The Kier molecular flexibility index (Phi) is 2.51. The number of hydrogen-bond donors (Lipinski definition) is 0. The maximum absolute atomic E-state index is 12.7. The van der Waals surface area contributed by atoms with Crippen molar-refractivity contribution in [2.45, 2.75) is 6.92 Å². The van der Waals surface area contributed by atoms with E-state index in [9.17, 15) is 4.39 Å². The van der Waals surface area contributed by atoms with Crippen molar-refractivity contribution in [1.82, 2.24) is 9.78 Å². The lowest BCUT2D eigenvalue weighted by Gasteiger charge is -1.99. The fourth-order valence-electron chi connectivity index (χ4n) is 1.27. The molecule has 0 amide bonds. The van der Waals surface area contributed by atoms with Gasteiger partial charge in [-0.15, -0.1) is 5.92 Å². The van der Waals surface area contributed by atoms with Crippen molar-refractivity contribution in [3.05, 3.63) is 48.0 Å². The molecule has 0 aliphatic carbocycles. The first-order valence-electron chi connectivity index (χ1n) is 4.53. The molecular weight excluding hydrogens is 191 g/mol. The lowest BCUT2D eigenvalue weighted by atomic mass is 10.3. The van der Waals surface area contributed by atoms with Crippen LogP contribution in [0.1, 0.15) is 12.5 Å². The van der Waals surface area contributed by atoms with Crippen molar-refractivity contribution in [3.8, 4) is 17.5 Å². The van der Waals surface area contributed by atoms with Crippen LogP contribution in [-0.2, 0) is 0 Å². The molecule has 0 unspecified atom stereocenters. The van der Waals surface area contributed by atoms with Gasteiger partial charge in [-0.25, -0.2) is 9.07 Å². The summed E-state index contributed by atoms with van der Waals surface area (Å²) in [6, 6.07) is 6.15. The molecule has 1 heterocycles. The Labute approximate surface area is 87.4 Å². The Balaban J connectivity index is 2.35. The normalized spacial score (nSPS) is 9.47. The zero-order valence-corrected chi connectivity index (χ0v) is 8.24. The molecule has 2 aromatic rings. The zero-order valence-electron chi connectivity index (χ0n) is 8.24. The largest absolute Gasteiger partial charge is 0.240 e. The van der Waals surface area contributed by atoms with Crippen molar-refractivity contribution in [1.29, 1.82) is 0 Å². The predicted molar refractivity (Wildman–Crippen MR) is 56.1 cm³/mol. The van der Waals surface area contributed by atoms with Gasteiger partial charge in [0.25, 0.3) is 0 Å². The Bertz CT molecular complexity index is 515. The smallest absolute Gasteiger partial charge is 0.123 e. The summed E-state index contributed by atoms with van der Waals surface area (Å²) in [5, 5.41) is 4.13. The number of nitrogens with zero attached hydrogens (tertiary/aromatic N) is 2. The second-order valence-corrected chi connectivity index (χ2v) is 3.02. The average molecular weight is 200 g/mol. The van der Waals surface area contributed by atoms with Gasteiger partial charge in [-0.3, -0.25) is 0 Å². The first kappa shape index (κ1) is 9.47. The molecule has 15 heavy (non-hydrogen) atoms. The number of hydrogen-bond acceptors (Lipinski definition) is 1. The molecule has 0 saturated heterocycles. The fourth-order valence-corrected chi connectivity index (χ4v) is 1.27. The van der Waals surface area contributed by atoms with Crippen LogP contribution < -0.4 is 0 Å². The van der Waals surface area contributed by atoms with Crippen LogP contribution >= 0.6 is 0 Å². The maximum atomic E-state index is 12.7. The summed E-state index contributed by atoms with van der Waals surface area (Å²) in [5.74, 6) is 5.45. The number of halogens is 1. The highest BCUT2D eigenvalue weighted by Gasteiger charge is 1.98. The van der Waals surface area contributed by atoms with Gasteiger partial charge in [0.15, 0.2) is 0 Å². The van der Waals surface area contributed by atoms with Gasteiger partial charge in [-0.05, 0) is 31.2 Å². The van der Waals surface area contributed by atoms with E-state index < -0.39 is 0 Å². The second-order valence-electron chi connectivity index (χ2n) is 3.02. The summed E-state index contributed by atoms with van der Waals surface area (Å²) in [5.41, 5.74) is 1.67. The lowest BCUT2D eigenvalue weighted by Crippen LogP contribution is -1.93. The molecule has 0 atom stereocenters. The third-order valence-corrected chi connectivity index (χ3v) is 1.94. The Morgan fingerprint density at radius 2 is 2.00 bits per heavy atom. The van der Waals surface area contributed by atoms with Crippen LogP contribution in [0.25, 0.3) is 5.69 Å². The molecule has 0 radical (unpaired) electrons. The molecule has 0 aliphatic heterocycles. The molecule has 74 valence electrons. The maximum Gasteiger partial charge on any atom is 0.123 e. The van der Waals surface area contributed by atoms with E-state index in [0.717, 1.165) is 11.3 Å². The van der Waals surface area contributed by atoms with Gasteiger partial charge < -0.3 is 0 Å². The van der Waals surface area contributed by atoms with Gasteiger partial charge >= 0.3 is 0 Å². The first-order valence-corrected chi connectivity index (χ1v) is 4.53. The molecule has 1 aromatic carbocycles. The molecule has 0 fully saturated rings. The van der Waals surface area contributed by atoms with Crippen LogP contribution in [0.3, 0.4) is 0 Å². The van der Waals surface area contributed by atoms with Crippen molar-refractivity contribution in [2.75, 3.05) is 0 Å². The van der Waals surface area contributed by atoms with E-state index in [-0.39, 0.29) is 5.82 Å². The summed E-state index contributed by atoms with van der Waals surface area (Å²) in [7, 11) is 0. The van der Waals surface area contributed by atoms with Crippen LogP contribution in [0.5, 0.6) is 0 Å². The molecule has 0 spiro atoms.